The van der Waals surface area contributed by atoms with Gasteiger partial charge in [0.25, 0.3) is 5.78 Å². The first-order chi connectivity index (χ1) is 14.5. The molecular weight excluding hydrogens is 402 g/mol. The number of nitrogens with zero attached hydrogens (tertiary/aromatic N) is 5. The number of carbonyl (C=O) groups is 1. The number of aryl methyl sites for hydroxylation is 2. The number of aromatic nitrogens is 5. The molecule has 1 aromatic carbocycles. The summed E-state index contributed by atoms with van der Waals surface area (Å²) in [7, 11) is 0. The number of rotatable bonds is 6. The number of nitrogens with two attached hydrogens (primary N) is 1. The zero-order chi connectivity index (χ0) is 21.3. The molecule has 4 rings (SSSR count). The Hall–Kier alpha value is -3.53. The molecule has 1 amide bonds. The second kappa shape index (κ2) is 8.07. The summed E-state index contributed by atoms with van der Waals surface area (Å²) in [5, 5.41) is 9.42. The zero-order valence-electron chi connectivity index (χ0n) is 16.8. The van der Waals surface area contributed by atoms with Gasteiger partial charge in [0.2, 0.25) is 11.9 Å². The number of ether oxygens (including phenoxy) is 1. The number of nitrogen functional groups attached to an aromatic ring is 1. The van der Waals surface area contributed by atoms with Crippen LogP contribution in [0, 0.1) is 13.8 Å². The average Bonchev–Trinajstić information content (AvgIpc) is 3.32. The highest BCUT2D eigenvalue weighted by Gasteiger charge is 2.17. The maximum absolute atomic E-state index is 12.7. The Labute approximate surface area is 177 Å². The molecule has 3 heterocycles. The van der Waals surface area contributed by atoms with Gasteiger partial charge in [0.05, 0.1) is 18.7 Å². The molecule has 0 saturated heterocycles. The number of anilines is 2. The molecule has 10 heteroatoms. The van der Waals surface area contributed by atoms with Gasteiger partial charge in [-0.3, -0.25) is 4.79 Å². The SMILES string of the molecule is CCOc1ccccc1-c1csc(NC(=O)Cc2c(C)nc3nc(N)nn3c2C)n1. The number of hydrogen-bond donors (Lipinski definition) is 2. The van der Waals surface area contributed by atoms with E-state index in [1.54, 1.807) is 4.52 Å². The van der Waals surface area contributed by atoms with Gasteiger partial charge in [-0.1, -0.05) is 12.1 Å². The van der Waals surface area contributed by atoms with Gasteiger partial charge in [-0.15, -0.1) is 16.4 Å². The molecule has 0 spiro atoms. The Kier molecular flexibility index (Phi) is 5.32. The van der Waals surface area contributed by atoms with E-state index in [0.717, 1.165) is 28.3 Å². The Morgan fingerprint density at radius 1 is 1.23 bits per heavy atom. The predicted molar refractivity (Wildman–Crippen MR) is 116 cm³/mol. The molecule has 3 N–H and O–H groups in total. The predicted octanol–water partition coefficient (Wildman–Crippen LogP) is 3.03. The third-order valence-electron chi connectivity index (χ3n) is 4.62. The average molecular weight is 424 g/mol. The fraction of sp³-hybridized carbons (Fsp3) is 0.250. The van der Waals surface area contributed by atoms with Crippen molar-refractivity contribution in [3.63, 3.8) is 0 Å². The van der Waals surface area contributed by atoms with E-state index in [1.165, 1.54) is 11.3 Å². The van der Waals surface area contributed by atoms with Crippen LogP contribution in [-0.2, 0) is 11.2 Å². The Balaban J connectivity index is 1.53. The third kappa shape index (κ3) is 3.81. The Bertz CT molecular complexity index is 1230. The van der Waals surface area contributed by atoms with Crippen LogP contribution in [0.15, 0.2) is 29.6 Å². The Morgan fingerprint density at radius 2 is 2.03 bits per heavy atom. The van der Waals surface area contributed by atoms with E-state index in [9.17, 15) is 4.79 Å². The molecule has 3 aromatic heterocycles. The monoisotopic (exact) mass is 423 g/mol. The first-order valence-electron chi connectivity index (χ1n) is 9.42. The summed E-state index contributed by atoms with van der Waals surface area (Å²) >= 11 is 1.37. The zero-order valence-corrected chi connectivity index (χ0v) is 17.7. The largest absolute Gasteiger partial charge is 0.493 e. The van der Waals surface area contributed by atoms with Crippen molar-refractivity contribution in [3.05, 3.63) is 46.6 Å². The molecule has 154 valence electrons. The molecule has 0 radical (unpaired) electrons. The summed E-state index contributed by atoms with van der Waals surface area (Å²) in [6.07, 6.45) is 0.144. The first kappa shape index (κ1) is 19.8. The molecule has 0 saturated carbocycles. The van der Waals surface area contributed by atoms with Gasteiger partial charge in [0.1, 0.15) is 5.75 Å². The van der Waals surface area contributed by atoms with Crippen LogP contribution in [0.1, 0.15) is 23.9 Å². The van der Waals surface area contributed by atoms with Crippen LogP contribution >= 0.6 is 11.3 Å². The fourth-order valence-corrected chi connectivity index (χ4v) is 3.94. The van der Waals surface area contributed by atoms with Gasteiger partial charge in [-0.25, -0.2) is 9.97 Å². The smallest absolute Gasteiger partial charge is 0.254 e. The van der Waals surface area contributed by atoms with Gasteiger partial charge in [0, 0.05) is 27.9 Å². The van der Waals surface area contributed by atoms with Crippen molar-refractivity contribution in [2.24, 2.45) is 0 Å². The first-order valence-corrected chi connectivity index (χ1v) is 10.3. The number of nitrogens with one attached hydrogen (secondary N) is 1. The number of carbonyl (C=O) groups excluding carboxylic acids is 1. The van der Waals surface area contributed by atoms with Crippen LogP contribution in [-0.4, -0.2) is 37.1 Å². The van der Waals surface area contributed by atoms with Crippen molar-refractivity contribution in [2.45, 2.75) is 27.2 Å². The molecule has 0 aliphatic heterocycles. The summed E-state index contributed by atoms with van der Waals surface area (Å²) in [6, 6.07) is 7.70. The van der Waals surface area contributed by atoms with Gasteiger partial charge < -0.3 is 15.8 Å². The highest BCUT2D eigenvalue weighted by molar-refractivity contribution is 7.14. The lowest BCUT2D eigenvalue weighted by atomic mass is 10.1. The number of benzene rings is 1. The number of amides is 1. The minimum absolute atomic E-state index is 0.144. The molecule has 0 unspecified atom stereocenters. The van der Waals surface area contributed by atoms with Crippen LogP contribution in [0.2, 0.25) is 0 Å². The van der Waals surface area contributed by atoms with Crippen molar-refractivity contribution in [1.29, 1.82) is 0 Å². The van der Waals surface area contributed by atoms with E-state index >= 15 is 0 Å². The van der Waals surface area contributed by atoms with E-state index in [0.29, 0.717) is 23.2 Å². The van der Waals surface area contributed by atoms with Gasteiger partial charge in [-0.2, -0.15) is 9.50 Å². The summed E-state index contributed by atoms with van der Waals surface area (Å²) in [5.74, 6) is 1.15. The van der Waals surface area contributed by atoms with Crippen molar-refractivity contribution in [3.8, 4) is 17.0 Å². The molecule has 0 fully saturated rings. The normalized spacial score (nSPS) is 11.0. The molecule has 30 heavy (non-hydrogen) atoms. The molecule has 0 aliphatic carbocycles. The number of para-hydroxylation sites is 1. The summed E-state index contributed by atoms with van der Waals surface area (Å²) < 4.78 is 7.22. The van der Waals surface area contributed by atoms with E-state index in [2.05, 4.69) is 25.4 Å². The van der Waals surface area contributed by atoms with Crippen LogP contribution in [0.25, 0.3) is 17.0 Å². The second-order valence-corrected chi connectivity index (χ2v) is 7.49. The van der Waals surface area contributed by atoms with Crippen molar-refractivity contribution in [2.75, 3.05) is 17.7 Å². The van der Waals surface area contributed by atoms with Crippen molar-refractivity contribution >= 4 is 34.1 Å². The quantitative estimate of drug-likeness (QED) is 0.489. The molecule has 4 aromatic rings. The minimum Gasteiger partial charge on any atom is -0.493 e. The highest BCUT2D eigenvalue weighted by atomic mass is 32.1. The summed E-state index contributed by atoms with van der Waals surface area (Å²) in [5.41, 5.74) is 9.59. The fourth-order valence-electron chi connectivity index (χ4n) is 3.22. The van der Waals surface area contributed by atoms with Crippen molar-refractivity contribution in [1.82, 2.24) is 24.6 Å². The second-order valence-electron chi connectivity index (χ2n) is 6.64. The summed E-state index contributed by atoms with van der Waals surface area (Å²) in [6.45, 7) is 6.21. The van der Waals surface area contributed by atoms with Gasteiger partial charge in [0.15, 0.2) is 5.13 Å². The molecule has 9 nitrogen and oxygen atoms in total. The van der Waals surface area contributed by atoms with Crippen LogP contribution in [0.5, 0.6) is 5.75 Å². The van der Waals surface area contributed by atoms with Crippen molar-refractivity contribution < 1.29 is 9.53 Å². The number of thiazole rings is 1. The number of fused-ring (bicyclic) bond motifs is 1. The maximum atomic E-state index is 12.7. The Morgan fingerprint density at radius 3 is 2.83 bits per heavy atom. The van der Waals surface area contributed by atoms with Gasteiger partial charge in [-0.05, 0) is 32.9 Å². The summed E-state index contributed by atoms with van der Waals surface area (Å²) in [4.78, 5) is 25.7. The number of hydrogen-bond acceptors (Lipinski definition) is 8. The van der Waals surface area contributed by atoms with Crippen LogP contribution < -0.4 is 15.8 Å². The van der Waals surface area contributed by atoms with Gasteiger partial charge >= 0.3 is 0 Å². The lowest BCUT2D eigenvalue weighted by Gasteiger charge is -2.10. The lowest BCUT2D eigenvalue weighted by molar-refractivity contribution is -0.115. The highest BCUT2D eigenvalue weighted by Crippen LogP contribution is 2.32. The maximum Gasteiger partial charge on any atom is 0.254 e. The molecular formula is C20H21N7O2S. The van der Waals surface area contributed by atoms with Crippen LogP contribution in [0.3, 0.4) is 0 Å². The topological polar surface area (TPSA) is 120 Å². The van der Waals surface area contributed by atoms with E-state index in [4.69, 9.17) is 10.5 Å². The van der Waals surface area contributed by atoms with Crippen LogP contribution in [0.4, 0.5) is 11.1 Å². The third-order valence-corrected chi connectivity index (χ3v) is 5.37. The molecule has 0 atom stereocenters. The lowest BCUT2D eigenvalue weighted by Crippen LogP contribution is -2.17. The van der Waals surface area contributed by atoms with E-state index < -0.39 is 0 Å². The molecule has 0 aliphatic rings. The minimum atomic E-state index is -0.186. The van der Waals surface area contributed by atoms with E-state index in [1.807, 2.05) is 50.4 Å². The molecule has 0 bridgehead atoms. The standard InChI is InChI=1S/C20H21N7O2S/c1-4-29-16-8-6-5-7-13(16)15-10-30-20(23-15)24-17(28)9-14-11(2)22-19-25-18(21)26-27(19)12(14)3/h5-8,10H,4,9H2,1-3H3,(H2,21,26)(H,23,24,28). The van der Waals surface area contributed by atoms with E-state index in [-0.39, 0.29) is 18.3 Å².